The van der Waals surface area contributed by atoms with Gasteiger partial charge in [0, 0.05) is 24.3 Å². The minimum atomic E-state index is -0.558. The van der Waals surface area contributed by atoms with Crippen LogP contribution >= 0.6 is 0 Å². The highest BCUT2D eigenvalue weighted by atomic mass is 16.2. The first-order valence-electron chi connectivity index (χ1n) is 8.17. The number of H-pyrrole nitrogens is 1. The highest BCUT2D eigenvalue weighted by molar-refractivity contribution is 6.07. The maximum absolute atomic E-state index is 12.5. The normalized spacial score (nSPS) is 11.7. The molecule has 2 amide bonds. The van der Waals surface area contributed by atoms with E-state index in [1.807, 2.05) is 36.4 Å². The van der Waals surface area contributed by atoms with E-state index >= 15 is 0 Å². The molecule has 3 aromatic rings. The summed E-state index contributed by atoms with van der Waals surface area (Å²) in [5.41, 5.74) is -0.00331. The molecule has 2 aromatic carbocycles. The van der Waals surface area contributed by atoms with Crippen LogP contribution in [0, 0.1) is 0 Å². The SMILES string of the molecule is C[C@H](CNC(=O)c1cccc2ccccc12)NC(=O)c1ccn[nH]c1=O. The number of rotatable bonds is 5. The zero-order valence-electron chi connectivity index (χ0n) is 14.2. The molecule has 7 nitrogen and oxygen atoms in total. The van der Waals surface area contributed by atoms with Crippen molar-refractivity contribution in [2.75, 3.05) is 6.54 Å². The Hall–Kier alpha value is -3.48. The summed E-state index contributed by atoms with van der Waals surface area (Å²) >= 11 is 0. The van der Waals surface area contributed by atoms with Crippen molar-refractivity contribution in [2.24, 2.45) is 0 Å². The van der Waals surface area contributed by atoms with Gasteiger partial charge in [-0.2, -0.15) is 5.10 Å². The minimum Gasteiger partial charge on any atom is -0.350 e. The van der Waals surface area contributed by atoms with Crippen LogP contribution in [-0.2, 0) is 0 Å². The summed E-state index contributed by atoms with van der Waals surface area (Å²) in [6.45, 7) is 1.98. The Morgan fingerprint density at radius 1 is 1.04 bits per heavy atom. The van der Waals surface area contributed by atoms with Crippen molar-refractivity contribution in [3.8, 4) is 0 Å². The molecule has 0 aliphatic heterocycles. The third-order valence-corrected chi connectivity index (χ3v) is 3.95. The summed E-state index contributed by atoms with van der Waals surface area (Å²) in [6.07, 6.45) is 1.34. The second-order valence-electron chi connectivity index (χ2n) is 5.91. The molecule has 0 radical (unpaired) electrons. The summed E-state index contributed by atoms with van der Waals surface area (Å²) in [5.74, 6) is -0.731. The Bertz CT molecular complexity index is 1010. The van der Waals surface area contributed by atoms with Gasteiger partial charge in [-0.15, -0.1) is 0 Å². The average Bonchev–Trinajstić information content (AvgIpc) is 2.66. The van der Waals surface area contributed by atoms with E-state index in [0.717, 1.165) is 10.8 Å². The number of benzene rings is 2. The molecule has 0 saturated heterocycles. The molecule has 1 aromatic heterocycles. The van der Waals surface area contributed by atoms with Crippen LogP contribution in [0.3, 0.4) is 0 Å². The molecule has 0 saturated carbocycles. The number of nitrogens with one attached hydrogen (secondary N) is 3. The number of amides is 2. The molecule has 0 bridgehead atoms. The second-order valence-corrected chi connectivity index (χ2v) is 5.91. The van der Waals surface area contributed by atoms with Gasteiger partial charge in [0.25, 0.3) is 17.4 Å². The molecule has 0 aliphatic rings. The maximum atomic E-state index is 12.5. The van der Waals surface area contributed by atoms with E-state index in [4.69, 9.17) is 0 Å². The topological polar surface area (TPSA) is 104 Å². The number of hydrogen-bond acceptors (Lipinski definition) is 4. The predicted octanol–water partition coefficient (Wildman–Crippen LogP) is 1.47. The largest absolute Gasteiger partial charge is 0.350 e. The van der Waals surface area contributed by atoms with Crippen molar-refractivity contribution in [3.63, 3.8) is 0 Å². The van der Waals surface area contributed by atoms with Crippen LogP contribution in [0.15, 0.2) is 59.5 Å². The Morgan fingerprint density at radius 2 is 1.81 bits per heavy atom. The molecule has 26 heavy (non-hydrogen) atoms. The first kappa shape index (κ1) is 17.3. The Kier molecular flexibility index (Phi) is 5.07. The number of aromatic amines is 1. The number of carbonyl (C=O) groups excluding carboxylic acids is 2. The van der Waals surface area contributed by atoms with Crippen LogP contribution in [-0.4, -0.2) is 34.6 Å². The van der Waals surface area contributed by atoms with E-state index in [9.17, 15) is 14.4 Å². The third-order valence-electron chi connectivity index (χ3n) is 3.95. The quantitative estimate of drug-likeness (QED) is 0.648. The van der Waals surface area contributed by atoms with E-state index < -0.39 is 11.5 Å². The van der Waals surface area contributed by atoms with E-state index in [2.05, 4.69) is 20.8 Å². The van der Waals surface area contributed by atoms with Gasteiger partial charge in [0.2, 0.25) is 0 Å². The monoisotopic (exact) mass is 350 g/mol. The number of carbonyl (C=O) groups is 2. The molecule has 1 atom stereocenters. The van der Waals surface area contributed by atoms with Gasteiger partial charge in [0.05, 0.1) is 0 Å². The highest BCUT2D eigenvalue weighted by Gasteiger charge is 2.15. The van der Waals surface area contributed by atoms with Gasteiger partial charge in [0.15, 0.2) is 0 Å². The molecule has 0 fully saturated rings. The van der Waals surface area contributed by atoms with Gasteiger partial charge in [-0.1, -0.05) is 36.4 Å². The van der Waals surface area contributed by atoms with Crippen LogP contribution in [0.1, 0.15) is 27.6 Å². The Balaban J connectivity index is 1.63. The molecular formula is C19H18N4O3. The lowest BCUT2D eigenvalue weighted by molar-refractivity contribution is 0.0912. The second kappa shape index (κ2) is 7.60. The van der Waals surface area contributed by atoms with Crippen molar-refractivity contribution in [1.29, 1.82) is 0 Å². The predicted molar refractivity (Wildman–Crippen MR) is 98.1 cm³/mol. The van der Waals surface area contributed by atoms with Crippen molar-refractivity contribution in [3.05, 3.63) is 76.2 Å². The molecule has 0 aliphatic carbocycles. The lowest BCUT2D eigenvalue weighted by atomic mass is 10.0. The first-order valence-corrected chi connectivity index (χ1v) is 8.17. The van der Waals surface area contributed by atoms with Gasteiger partial charge >= 0.3 is 0 Å². The van der Waals surface area contributed by atoms with Crippen LogP contribution in [0.4, 0.5) is 0 Å². The van der Waals surface area contributed by atoms with Crippen molar-refractivity contribution in [2.45, 2.75) is 13.0 Å². The minimum absolute atomic E-state index is 0.0211. The fraction of sp³-hybridized carbons (Fsp3) is 0.158. The summed E-state index contributed by atoms with van der Waals surface area (Å²) in [6, 6.07) is 14.2. The highest BCUT2D eigenvalue weighted by Crippen LogP contribution is 2.18. The average molecular weight is 350 g/mol. The summed E-state index contributed by atoms with van der Waals surface area (Å²) in [7, 11) is 0. The van der Waals surface area contributed by atoms with Crippen LogP contribution in [0.2, 0.25) is 0 Å². The number of nitrogens with zero attached hydrogens (tertiary/aromatic N) is 1. The van der Waals surface area contributed by atoms with E-state index in [1.165, 1.54) is 12.3 Å². The van der Waals surface area contributed by atoms with Crippen molar-refractivity contribution < 1.29 is 9.59 Å². The summed E-state index contributed by atoms with van der Waals surface area (Å²) < 4.78 is 0. The van der Waals surface area contributed by atoms with E-state index in [-0.39, 0.29) is 24.1 Å². The van der Waals surface area contributed by atoms with Gasteiger partial charge in [-0.3, -0.25) is 14.4 Å². The molecule has 3 rings (SSSR count). The smallest absolute Gasteiger partial charge is 0.277 e. The Morgan fingerprint density at radius 3 is 2.62 bits per heavy atom. The van der Waals surface area contributed by atoms with Gasteiger partial charge < -0.3 is 10.6 Å². The lowest BCUT2D eigenvalue weighted by Crippen LogP contribution is -2.43. The molecule has 1 heterocycles. The number of fused-ring (bicyclic) bond motifs is 1. The molecule has 7 heteroatoms. The first-order chi connectivity index (χ1) is 12.6. The van der Waals surface area contributed by atoms with Crippen LogP contribution in [0.25, 0.3) is 10.8 Å². The molecule has 132 valence electrons. The fourth-order valence-corrected chi connectivity index (χ4v) is 2.64. The van der Waals surface area contributed by atoms with E-state index in [0.29, 0.717) is 5.56 Å². The molecular weight excluding hydrogens is 332 g/mol. The van der Waals surface area contributed by atoms with Crippen molar-refractivity contribution >= 4 is 22.6 Å². The van der Waals surface area contributed by atoms with Gasteiger partial charge in [-0.25, -0.2) is 5.10 Å². The standard InChI is InChI=1S/C19H18N4O3/c1-12(22-18(25)16-9-10-21-23-19(16)26)11-20-17(24)15-8-4-6-13-5-2-3-7-14(13)15/h2-10,12H,11H2,1H3,(H,20,24)(H,22,25)(H,23,26)/t12-/m1/s1. The lowest BCUT2D eigenvalue weighted by Gasteiger charge is -2.15. The third kappa shape index (κ3) is 3.77. The molecule has 3 N–H and O–H groups in total. The van der Waals surface area contributed by atoms with E-state index in [1.54, 1.807) is 13.0 Å². The summed E-state index contributed by atoms with van der Waals surface area (Å²) in [4.78, 5) is 36.1. The zero-order chi connectivity index (χ0) is 18.5. The van der Waals surface area contributed by atoms with Crippen molar-refractivity contribution in [1.82, 2.24) is 20.8 Å². The van der Waals surface area contributed by atoms with Crippen LogP contribution in [0.5, 0.6) is 0 Å². The summed E-state index contributed by atoms with van der Waals surface area (Å²) in [5, 5.41) is 13.1. The van der Waals surface area contributed by atoms with Gasteiger partial charge in [0.1, 0.15) is 5.56 Å². The zero-order valence-corrected chi connectivity index (χ0v) is 14.2. The van der Waals surface area contributed by atoms with Gasteiger partial charge in [-0.05, 0) is 29.8 Å². The number of aromatic nitrogens is 2. The van der Waals surface area contributed by atoms with Crippen LogP contribution < -0.4 is 16.2 Å². The molecule has 0 unspecified atom stereocenters. The number of hydrogen-bond donors (Lipinski definition) is 3. The maximum Gasteiger partial charge on any atom is 0.277 e. The molecule has 0 spiro atoms. The fourth-order valence-electron chi connectivity index (χ4n) is 2.64. The Labute approximate surface area is 149 Å².